The minimum atomic E-state index is -0.245. The van der Waals surface area contributed by atoms with Crippen molar-refractivity contribution in [1.29, 1.82) is 0 Å². The van der Waals surface area contributed by atoms with Gasteiger partial charge in [-0.3, -0.25) is 4.99 Å². The van der Waals surface area contributed by atoms with Crippen LogP contribution in [0.1, 0.15) is 17.0 Å². The molecule has 0 spiro atoms. The van der Waals surface area contributed by atoms with Gasteiger partial charge < -0.3 is 15.1 Å². The first-order valence-electron chi connectivity index (χ1n) is 8.35. The molecule has 3 aromatic rings. The minimum Gasteiger partial charge on any atom is -0.439 e. The highest BCUT2D eigenvalue weighted by molar-refractivity contribution is 14.0. The summed E-state index contributed by atoms with van der Waals surface area (Å²) < 4.78 is 19.4. The maximum atomic E-state index is 13.7. The van der Waals surface area contributed by atoms with Crippen molar-refractivity contribution in [2.24, 2.45) is 4.99 Å². The average Bonchev–Trinajstić information content (AvgIpc) is 3.13. The van der Waals surface area contributed by atoms with Gasteiger partial charge in [0.25, 0.3) is 0 Å². The molecule has 0 amide bonds. The van der Waals surface area contributed by atoms with E-state index in [4.69, 9.17) is 4.42 Å². The molecule has 0 atom stereocenters. The van der Waals surface area contributed by atoms with Crippen molar-refractivity contribution in [3.63, 3.8) is 0 Å². The lowest BCUT2D eigenvalue weighted by Crippen LogP contribution is -2.36. The van der Waals surface area contributed by atoms with Crippen molar-refractivity contribution in [1.82, 2.24) is 15.6 Å². The molecule has 0 saturated heterocycles. The normalized spacial score (nSPS) is 11.0. The lowest BCUT2D eigenvalue weighted by atomic mass is 10.1. The highest BCUT2D eigenvalue weighted by Crippen LogP contribution is 2.20. The monoisotopic (exact) mass is 480 g/mol. The number of halogens is 2. The molecule has 27 heavy (non-hydrogen) atoms. The van der Waals surface area contributed by atoms with Crippen LogP contribution in [0.25, 0.3) is 11.3 Å². The van der Waals surface area contributed by atoms with Crippen LogP contribution in [0.5, 0.6) is 0 Å². The molecule has 2 N–H and O–H groups in total. The molecular weight excluding hydrogens is 458 g/mol. The van der Waals surface area contributed by atoms with Crippen molar-refractivity contribution >= 4 is 29.9 Å². The Morgan fingerprint density at radius 2 is 1.78 bits per heavy atom. The summed E-state index contributed by atoms with van der Waals surface area (Å²) in [5.41, 5.74) is 2.75. The molecule has 0 radical (unpaired) electrons. The Hall–Kier alpha value is -2.42. The lowest BCUT2D eigenvalue weighted by molar-refractivity contribution is 0.497. The number of hydrogen-bond acceptors (Lipinski definition) is 3. The van der Waals surface area contributed by atoms with E-state index in [9.17, 15) is 4.39 Å². The number of benzene rings is 2. The third-order valence-electron chi connectivity index (χ3n) is 3.92. The molecule has 0 aliphatic carbocycles. The Kier molecular flexibility index (Phi) is 7.78. The second-order valence-electron chi connectivity index (χ2n) is 5.86. The Bertz CT molecular complexity index is 893. The number of hydrogen-bond donors (Lipinski definition) is 2. The Balaban J connectivity index is 0.00000261. The first-order valence-corrected chi connectivity index (χ1v) is 8.35. The molecule has 0 fully saturated rings. The van der Waals surface area contributed by atoms with Gasteiger partial charge >= 0.3 is 0 Å². The smallest absolute Gasteiger partial charge is 0.214 e. The van der Waals surface area contributed by atoms with E-state index in [-0.39, 0.29) is 29.8 Å². The number of guanidine groups is 1. The molecule has 0 aliphatic heterocycles. The summed E-state index contributed by atoms with van der Waals surface area (Å²) in [5.74, 6) is 1.57. The first-order chi connectivity index (χ1) is 12.7. The van der Waals surface area contributed by atoms with E-state index in [1.807, 2.05) is 31.2 Å². The fourth-order valence-electron chi connectivity index (χ4n) is 2.44. The number of rotatable bonds is 5. The van der Waals surface area contributed by atoms with Gasteiger partial charge in [-0.15, -0.1) is 24.0 Å². The van der Waals surface area contributed by atoms with E-state index in [1.165, 1.54) is 11.6 Å². The first kappa shape index (κ1) is 20.9. The molecule has 0 saturated carbocycles. The predicted molar refractivity (Wildman–Crippen MR) is 116 cm³/mol. The third-order valence-corrected chi connectivity index (χ3v) is 3.92. The summed E-state index contributed by atoms with van der Waals surface area (Å²) in [5, 5.41) is 6.18. The van der Waals surface area contributed by atoms with E-state index < -0.39 is 0 Å². The molecule has 0 bridgehead atoms. The van der Waals surface area contributed by atoms with Crippen molar-refractivity contribution in [3.8, 4) is 11.3 Å². The number of aromatic nitrogens is 1. The number of nitrogens with zero attached hydrogens (tertiary/aromatic N) is 2. The summed E-state index contributed by atoms with van der Waals surface area (Å²) in [4.78, 5) is 8.41. The summed E-state index contributed by atoms with van der Waals surface area (Å²) in [7, 11) is 1.66. The van der Waals surface area contributed by atoms with Gasteiger partial charge in [-0.05, 0) is 13.0 Å². The number of nitrogens with one attached hydrogen (secondary N) is 2. The van der Waals surface area contributed by atoms with Crippen LogP contribution < -0.4 is 10.6 Å². The van der Waals surface area contributed by atoms with E-state index in [0.717, 1.165) is 11.3 Å². The lowest BCUT2D eigenvalue weighted by Gasteiger charge is -2.11. The largest absolute Gasteiger partial charge is 0.439 e. The number of aryl methyl sites for hydroxylation is 1. The highest BCUT2D eigenvalue weighted by Gasteiger charge is 2.08. The fraction of sp³-hybridized carbons (Fsp3) is 0.200. The summed E-state index contributed by atoms with van der Waals surface area (Å²) in [6.07, 6.45) is 1.71. The topological polar surface area (TPSA) is 62.5 Å². The zero-order valence-corrected chi connectivity index (χ0v) is 17.5. The van der Waals surface area contributed by atoms with E-state index >= 15 is 0 Å². The van der Waals surface area contributed by atoms with Crippen molar-refractivity contribution in [2.45, 2.75) is 20.0 Å². The van der Waals surface area contributed by atoms with E-state index in [2.05, 4.69) is 20.6 Å². The highest BCUT2D eigenvalue weighted by atomic mass is 127. The van der Waals surface area contributed by atoms with Crippen LogP contribution in [0.3, 0.4) is 0 Å². The summed E-state index contributed by atoms with van der Waals surface area (Å²) in [6.45, 7) is 2.76. The standard InChI is InChI=1S/C20H21FN4O.HI/c1-14-7-9-15(10-8-14)18-12-23-19(26-18)13-25-20(22-2)24-11-16-5-3-4-6-17(16)21;/h3-10,12H,11,13H2,1-2H3,(H2,22,24,25);1H. The van der Waals surface area contributed by atoms with Crippen LogP contribution in [0.2, 0.25) is 0 Å². The zero-order chi connectivity index (χ0) is 18.4. The van der Waals surface area contributed by atoms with Gasteiger partial charge in [0.05, 0.1) is 12.7 Å². The Labute approximate surface area is 175 Å². The van der Waals surface area contributed by atoms with Gasteiger partial charge in [0.2, 0.25) is 5.89 Å². The van der Waals surface area contributed by atoms with Gasteiger partial charge in [0.1, 0.15) is 5.82 Å². The molecule has 1 aromatic heterocycles. The number of aliphatic imine (C=N–C) groups is 1. The second-order valence-corrected chi connectivity index (χ2v) is 5.86. The van der Waals surface area contributed by atoms with Crippen LogP contribution in [-0.4, -0.2) is 18.0 Å². The predicted octanol–water partition coefficient (Wildman–Crippen LogP) is 4.27. The second kappa shape index (κ2) is 10.1. The molecule has 5 nitrogen and oxygen atoms in total. The van der Waals surface area contributed by atoms with Gasteiger partial charge in [-0.1, -0.05) is 48.0 Å². The Morgan fingerprint density at radius 1 is 1.07 bits per heavy atom. The molecule has 3 rings (SSSR count). The number of oxazole rings is 1. The van der Waals surface area contributed by atoms with Crippen LogP contribution in [0, 0.1) is 12.7 Å². The van der Waals surface area contributed by atoms with Crippen molar-refractivity contribution in [2.75, 3.05) is 7.05 Å². The van der Waals surface area contributed by atoms with Crippen molar-refractivity contribution < 1.29 is 8.81 Å². The van der Waals surface area contributed by atoms with Gasteiger partial charge in [0, 0.05) is 24.7 Å². The van der Waals surface area contributed by atoms with Crippen LogP contribution in [-0.2, 0) is 13.1 Å². The van der Waals surface area contributed by atoms with E-state index in [0.29, 0.717) is 30.5 Å². The molecule has 0 aliphatic rings. The van der Waals surface area contributed by atoms with Gasteiger partial charge in [-0.2, -0.15) is 0 Å². The molecule has 7 heteroatoms. The summed E-state index contributed by atoms with van der Waals surface area (Å²) in [6, 6.07) is 14.7. The summed E-state index contributed by atoms with van der Waals surface area (Å²) >= 11 is 0. The SMILES string of the molecule is CN=C(NCc1ncc(-c2ccc(C)cc2)o1)NCc1ccccc1F.I. The fourth-order valence-corrected chi connectivity index (χ4v) is 2.44. The van der Waals surface area contributed by atoms with Crippen LogP contribution in [0.4, 0.5) is 4.39 Å². The molecule has 142 valence electrons. The van der Waals surface area contributed by atoms with Crippen LogP contribution >= 0.6 is 24.0 Å². The average molecular weight is 480 g/mol. The molecule has 1 heterocycles. The minimum absolute atomic E-state index is 0. The zero-order valence-electron chi connectivity index (χ0n) is 15.2. The molecular formula is C20H22FIN4O. The van der Waals surface area contributed by atoms with Crippen molar-refractivity contribution in [3.05, 3.63) is 77.6 Å². The van der Waals surface area contributed by atoms with E-state index in [1.54, 1.807) is 31.4 Å². The van der Waals surface area contributed by atoms with Gasteiger partial charge in [-0.25, -0.2) is 9.37 Å². The van der Waals surface area contributed by atoms with Crippen LogP contribution in [0.15, 0.2) is 64.1 Å². The third kappa shape index (κ3) is 5.78. The maximum Gasteiger partial charge on any atom is 0.214 e. The van der Waals surface area contributed by atoms with Gasteiger partial charge in [0.15, 0.2) is 11.7 Å². The quantitative estimate of drug-likeness (QED) is 0.325. The molecule has 0 unspecified atom stereocenters. The maximum absolute atomic E-state index is 13.7. The molecule has 2 aromatic carbocycles. The Morgan fingerprint density at radius 3 is 2.48 bits per heavy atom.